The Balaban J connectivity index is 1.63. The number of hydrogen-bond donors (Lipinski definition) is 0. The number of benzene rings is 2. The molecule has 1 aliphatic heterocycles. The normalized spacial score (nSPS) is 15.4. The summed E-state index contributed by atoms with van der Waals surface area (Å²) < 4.78 is 38.4. The first-order valence-corrected chi connectivity index (χ1v) is 11.2. The summed E-state index contributed by atoms with van der Waals surface area (Å²) in [4.78, 5) is 14.7. The molecule has 0 unspecified atom stereocenters. The molecule has 30 heavy (non-hydrogen) atoms. The molecule has 0 N–H and O–H groups in total. The highest BCUT2D eigenvalue weighted by atomic mass is 32.2. The monoisotopic (exact) mass is 428 g/mol. The average molecular weight is 429 g/mol. The van der Waals surface area contributed by atoms with Crippen LogP contribution in [0.15, 0.2) is 57.8 Å². The molecule has 4 rings (SSSR count). The molecule has 2 aromatic carbocycles. The fourth-order valence-corrected chi connectivity index (χ4v) is 5.04. The van der Waals surface area contributed by atoms with Crippen LogP contribution in [0.5, 0.6) is 0 Å². The van der Waals surface area contributed by atoms with Gasteiger partial charge in [-0.15, -0.1) is 0 Å². The van der Waals surface area contributed by atoms with Gasteiger partial charge in [-0.2, -0.15) is 4.31 Å². The second-order valence-corrected chi connectivity index (χ2v) is 9.32. The first kappa shape index (κ1) is 20.6. The van der Waals surface area contributed by atoms with E-state index in [1.165, 1.54) is 10.4 Å². The Morgan fingerprint density at radius 3 is 2.50 bits per heavy atom. The minimum atomic E-state index is -3.62. The van der Waals surface area contributed by atoms with E-state index in [0.29, 0.717) is 49.4 Å². The third-order valence-electron chi connectivity index (χ3n) is 5.32. The summed E-state index contributed by atoms with van der Waals surface area (Å²) in [5.74, 6) is -0.0190. The van der Waals surface area contributed by atoms with Crippen LogP contribution in [0, 0.1) is 6.92 Å². The van der Waals surface area contributed by atoms with Crippen LogP contribution < -0.4 is 0 Å². The highest BCUT2D eigenvalue weighted by Crippen LogP contribution is 2.30. The van der Waals surface area contributed by atoms with Gasteiger partial charge in [-0.25, -0.2) is 8.42 Å². The van der Waals surface area contributed by atoms with Crippen LogP contribution in [0.2, 0.25) is 0 Å². The topological polar surface area (TPSA) is 80.1 Å². The highest BCUT2D eigenvalue weighted by Gasteiger charge is 2.28. The predicted molar refractivity (Wildman–Crippen MR) is 113 cm³/mol. The zero-order chi connectivity index (χ0) is 21.3. The lowest BCUT2D eigenvalue weighted by Crippen LogP contribution is -2.40. The van der Waals surface area contributed by atoms with Crippen molar-refractivity contribution in [3.63, 3.8) is 0 Å². The van der Waals surface area contributed by atoms with Gasteiger partial charge in [0, 0.05) is 37.6 Å². The SMILES string of the molecule is Cc1c(C(=O)N(C)Cc2ccccc2)oc2ccc(S(=O)(=O)N3CCOCC3)cc12. The minimum absolute atomic E-state index is 0.192. The zero-order valence-corrected chi connectivity index (χ0v) is 17.8. The van der Waals surface area contributed by atoms with Gasteiger partial charge in [0.1, 0.15) is 5.58 Å². The summed E-state index contributed by atoms with van der Waals surface area (Å²) >= 11 is 0. The van der Waals surface area contributed by atoms with Crippen molar-refractivity contribution < 1.29 is 22.4 Å². The maximum absolute atomic E-state index is 13.0. The highest BCUT2D eigenvalue weighted by molar-refractivity contribution is 7.89. The number of amides is 1. The number of carbonyl (C=O) groups is 1. The molecule has 0 radical (unpaired) electrons. The number of carbonyl (C=O) groups excluding carboxylic acids is 1. The van der Waals surface area contributed by atoms with Crippen LogP contribution in [0.1, 0.15) is 21.7 Å². The summed E-state index contributed by atoms with van der Waals surface area (Å²) in [5.41, 5.74) is 2.14. The van der Waals surface area contributed by atoms with E-state index in [4.69, 9.17) is 9.15 Å². The average Bonchev–Trinajstić information content (AvgIpc) is 3.10. The Morgan fingerprint density at radius 1 is 1.10 bits per heavy atom. The van der Waals surface area contributed by atoms with Crippen molar-refractivity contribution in [3.8, 4) is 0 Å². The lowest BCUT2D eigenvalue weighted by molar-refractivity contribution is 0.0730. The van der Waals surface area contributed by atoms with Gasteiger partial charge in [-0.1, -0.05) is 30.3 Å². The second kappa shape index (κ2) is 8.22. The third-order valence-corrected chi connectivity index (χ3v) is 7.21. The van der Waals surface area contributed by atoms with Gasteiger partial charge in [-0.05, 0) is 30.7 Å². The number of morpholine rings is 1. The maximum atomic E-state index is 13.0. The predicted octanol–water partition coefficient (Wildman–Crippen LogP) is 3.03. The standard InChI is InChI=1S/C22H24N2O5S/c1-16-19-14-18(30(26,27)24-10-12-28-13-11-24)8-9-20(19)29-21(16)22(25)23(2)15-17-6-4-3-5-7-17/h3-9,14H,10-13,15H2,1-2H3. The van der Waals surface area contributed by atoms with Crippen LogP contribution in [-0.4, -0.2) is 56.9 Å². The van der Waals surface area contributed by atoms with Crippen molar-refractivity contribution in [3.05, 3.63) is 65.4 Å². The Morgan fingerprint density at radius 2 is 1.80 bits per heavy atom. The van der Waals surface area contributed by atoms with E-state index in [1.807, 2.05) is 30.3 Å². The Hall–Kier alpha value is -2.68. The van der Waals surface area contributed by atoms with Gasteiger partial charge in [0.05, 0.1) is 18.1 Å². The Bertz CT molecular complexity index is 1160. The first-order valence-electron chi connectivity index (χ1n) is 9.78. The zero-order valence-electron chi connectivity index (χ0n) is 17.0. The van der Waals surface area contributed by atoms with E-state index in [2.05, 4.69) is 0 Å². The van der Waals surface area contributed by atoms with Crippen LogP contribution in [0.25, 0.3) is 11.0 Å². The summed E-state index contributed by atoms with van der Waals surface area (Å²) in [5, 5.41) is 0.626. The van der Waals surface area contributed by atoms with Gasteiger partial charge in [0.25, 0.3) is 5.91 Å². The molecule has 158 valence electrons. The Kier molecular flexibility index (Phi) is 5.64. The van der Waals surface area contributed by atoms with Gasteiger partial charge >= 0.3 is 0 Å². The van der Waals surface area contributed by atoms with Crippen molar-refractivity contribution in [2.45, 2.75) is 18.4 Å². The number of sulfonamides is 1. The molecule has 2 heterocycles. The molecule has 7 nitrogen and oxygen atoms in total. The van der Waals surface area contributed by atoms with Gasteiger partial charge in [0.15, 0.2) is 5.76 Å². The molecule has 1 saturated heterocycles. The number of aryl methyl sites for hydroxylation is 1. The number of ether oxygens (including phenoxy) is 1. The second-order valence-electron chi connectivity index (χ2n) is 7.38. The number of furan rings is 1. The fraction of sp³-hybridized carbons (Fsp3) is 0.318. The van der Waals surface area contributed by atoms with Crippen molar-refractivity contribution in [1.82, 2.24) is 9.21 Å². The summed E-state index contributed by atoms with van der Waals surface area (Å²) in [6, 6.07) is 14.4. The fourth-order valence-electron chi connectivity index (χ4n) is 3.60. The smallest absolute Gasteiger partial charge is 0.289 e. The van der Waals surface area contributed by atoms with Gasteiger partial charge in [0.2, 0.25) is 10.0 Å². The maximum Gasteiger partial charge on any atom is 0.289 e. The van der Waals surface area contributed by atoms with Crippen molar-refractivity contribution in [2.75, 3.05) is 33.4 Å². The quantitative estimate of drug-likeness (QED) is 0.624. The molecule has 3 aromatic rings. The molecular weight excluding hydrogens is 404 g/mol. The lowest BCUT2D eigenvalue weighted by atomic mass is 10.1. The number of fused-ring (bicyclic) bond motifs is 1. The van der Waals surface area contributed by atoms with E-state index in [9.17, 15) is 13.2 Å². The molecule has 1 aliphatic rings. The molecule has 1 amide bonds. The van der Waals surface area contributed by atoms with Crippen molar-refractivity contribution in [1.29, 1.82) is 0 Å². The van der Waals surface area contributed by atoms with Crippen LogP contribution in [-0.2, 0) is 21.3 Å². The van der Waals surface area contributed by atoms with Gasteiger partial charge in [-0.3, -0.25) is 4.79 Å². The first-order chi connectivity index (χ1) is 14.4. The van der Waals surface area contributed by atoms with E-state index in [-0.39, 0.29) is 16.6 Å². The van der Waals surface area contributed by atoms with Crippen LogP contribution in [0.4, 0.5) is 0 Å². The summed E-state index contributed by atoms with van der Waals surface area (Å²) in [7, 11) is -1.90. The van der Waals surface area contributed by atoms with Crippen LogP contribution >= 0.6 is 0 Å². The summed E-state index contributed by atoms with van der Waals surface area (Å²) in [6.45, 7) is 3.67. The molecule has 8 heteroatoms. The molecular formula is C22H24N2O5S. The lowest BCUT2D eigenvalue weighted by Gasteiger charge is -2.26. The van der Waals surface area contributed by atoms with Gasteiger partial charge < -0.3 is 14.1 Å². The van der Waals surface area contributed by atoms with Crippen molar-refractivity contribution in [2.24, 2.45) is 0 Å². The van der Waals surface area contributed by atoms with E-state index >= 15 is 0 Å². The van der Waals surface area contributed by atoms with E-state index in [1.54, 1.807) is 31.0 Å². The number of nitrogens with zero attached hydrogens (tertiary/aromatic N) is 2. The minimum Gasteiger partial charge on any atom is -0.451 e. The molecule has 1 fully saturated rings. The molecule has 0 spiro atoms. The number of hydrogen-bond acceptors (Lipinski definition) is 5. The number of rotatable bonds is 5. The van der Waals surface area contributed by atoms with E-state index < -0.39 is 10.0 Å². The third kappa shape index (κ3) is 3.86. The molecule has 1 aromatic heterocycles. The van der Waals surface area contributed by atoms with Crippen molar-refractivity contribution >= 4 is 26.9 Å². The molecule has 0 bridgehead atoms. The molecule has 0 saturated carbocycles. The van der Waals surface area contributed by atoms with Crippen LogP contribution in [0.3, 0.4) is 0 Å². The molecule has 0 atom stereocenters. The summed E-state index contributed by atoms with van der Waals surface area (Å²) in [6.07, 6.45) is 0. The largest absolute Gasteiger partial charge is 0.451 e. The Labute approximate surface area is 175 Å². The molecule has 0 aliphatic carbocycles. The van der Waals surface area contributed by atoms with E-state index in [0.717, 1.165) is 5.56 Å².